The number of nitrogens with zero attached hydrogens (tertiary/aromatic N) is 3. The normalized spacial score (nSPS) is 11.1. The van der Waals surface area contributed by atoms with Crippen molar-refractivity contribution >= 4 is 28.5 Å². The molecule has 2 aromatic heterocycles. The van der Waals surface area contributed by atoms with Gasteiger partial charge in [-0.1, -0.05) is 84.4 Å². The molecule has 0 spiro atoms. The second kappa shape index (κ2) is 11.0. The van der Waals surface area contributed by atoms with Crippen LogP contribution in [0.2, 0.25) is 5.02 Å². The molecule has 192 valence electrons. The average molecular weight is 533 g/mol. The summed E-state index contributed by atoms with van der Waals surface area (Å²) in [4.78, 5) is 22.1. The first kappa shape index (κ1) is 24.6. The summed E-state index contributed by atoms with van der Waals surface area (Å²) in [6, 6.07) is 34.0. The standard InChI is InChI=1S/C32H25ClN4O2/c33-26-15-13-24(14-16-26)31-29(39-32(36-31)37-21-35-27-11-4-5-12-28(27)37)17-18-30(38)34-20-22-7-6-10-25(19-22)23-8-2-1-3-9-23/h1-16,19,21H,17-18,20H2,(H,34,38). The van der Waals surface area contributed by atoms with Crippen LogP contribution in [-0.4, -0.2) is 20.4 Å². The molecule has 0 atom stereocenters. The number of halogens is 1. The summed E-state index contributed by atoms with van der Waals surface area (Å²) in [7, 11) is 0. The number of amides is 1. The number of rotatable bonds is 8. The van der Waals surface area contributed by atoms with Gasteiger partial charge in [0.25, 0.3) is 0 Å². The number of aryl methyl sites for hydroxylation is 1. The molecule has 0 fully saturated rings. The van der Waals surface area contributed by atoms with Gasteiger partial charge in [0.05, 0.1) is 11.0 Å². The molecule has 0 saturated carbocycles. The predicted molar refractivity (Wildman–Crippen MR) is 154 cm³/mol. The predicted octanol–water partition coefficient (Wildman–Crippen LogP) is 7.25. The highest BCUT2D eigenvalue weighted by Crippen LogP contribution is 2.29. The van der Waals surface area contributed by atoms with Crippen molar-refractivity contribution in [1.82, 2.24) is 19.9 Å². The largest absolute Gasteiger partial charge is 0.427 e. The molecule has 0 radical (unpaired) electrons. The van der Waals surface area contributed by atoms with Gasteiger partial charge in [-0.05, 0) is 47.0 Å². The van der Waals surface area contributed by atoms with Crippen LogP contribution in [-0.2, 0) is 17.8 Å². The van der Waals surface area contributed by atoms with Crippen molar-refractivity contribution in [1.29, 1.82) is 0 Å². The number of benzene rings is 4. The van der Waals surface area contributed by atoms with Gasteiger partial charge in [0.2, 0.25) is 5.91 Å². The Morgan fingerprint density at radius 2 is 1.62 bits per heavy atom. The van der Waals surface area contributed by atoms with Crippen molar-refractivity contribution in [2.45, 2.75) is 19.4 Å². The smallest absolute Gasteiger partial charge is 0.308 e. The van der Waals surface area contributed by atoms with Crippen LogP contribution in [0.25, 0.3) is 39.4 Å². The Bertz CT molecular complexity index is 1740. The van der Waals surface area contributed by atoms with Crippen molar-refractivity contribution in [3.05, 3.63) is 126 Å². The summed E-state index contributed by atoms with van der Waals surface area (Å²) in [6.07, 6.45) is 2.36. The first-order valence-electron chi connectivity index (χ1n) is 12.7. The number of hydrogen-bond donors (Lipinski definition) is 1. The van der Waals surface area contributed by atoms with Crippen molar-refractivity contribution in [2.24, 2.45) is 0 Å². The first-order chi connectivity index (χ1) is 19.1. The zero-order valence-corrected chi connectivity index (χ0v) is 21.8. The van der Waals surface area contributed by atoms with Crippen LogP contribution in [0.4, 0.5) is 0 Å². The third-order valence-corrected chi connectivity index (χ3v) is 6.82. The van der Waals surface area contributed by atoms with E-state index in [1.54, 1.807) is 6.33 Å². The second-order valence-electron chi connectivity index (χ2n) is 9.22. The second-order valence-corrected chi connectivity index (χ2v) is 9.66. The molecule has 39 heavy (non-hydrogen) atoms. The molecule has 2 heterocycles. The highest BCUT2D eigenvalue weighted by Gasteiger charge is 2.19. The molecule has 7 heteroatoms. The van der Waals surface area contributed by atoms with Crippen LogP contribution in [0.5, 0.6) is 0 Å². The van der Waals surface area contributed by atoms with E-state index in [9.17, 15) is 4.79 Å². The van der Waals surface area contributed by atoms with Gasteiger partial charge in [-0.2, -0.15) is 4.98 Å². The zero-order valence-electron chi connectivity index (χ0n) is 21.0. The van der Waals surface area contributed by atoms with Gasteiger partial charge >= 0.3 is 6.01 Å². The number of aromatic nitrogens is 3. The lowest BCUT2D eigenvalue weighted by Crippen LogP contribution is -2.23. The summed E-state index contributed by atoms with van der Waals surface area (Å²) >= 11 is 6.11. The number of imidazole rings is 1. The van der Waals surface area contributed by atoms with E-state index in [2.05, 4.69) is 34.6 Å². The van der Waals surface area contributed by atoms with Crippen LogP contribution >= 0.6 is 11.6 Å². The number of hydrogen-bond acceptors (Lipinski definition) is 4. The Labute approximate surface area is 230 Å². The van der Waals surface area contributed by atoms with Crippen LogP contribution < -0.4 is 5.32 Å². The van der Waals surface area contributed by atoms with Gasteiger partial charge in [-0.15, -0.1) is 0 Å². The molecular formula is C32H25ClN4O2. The Morgan fingerprint density at radius 1 is 0.846 bits per heavy atom. The van der Waals surface area contributed by atoms with Gasteiger partial charge in [0, 0.05) is 30.0 Å². The molecule has 6 aromatic rings. The lowest BCUT2D eigenvalue weighted by molar-refractivity contribution is -0.121. The lowest BCUT2D eigenvalue weighted by atomic mass is 10.0. The lowest BCUT2D eigenvalue weighted by Gasteiger charge is -2.08. The fourth-order valence-corrected chi connectivity index (χ4v) is 4.69. The highest BCUT2D eigenvalue weighted by molar-refractivity contribution is 6.30. The van der Waals surface area contributed by atoms with E-state index in [1.165, 1.54) is 0 Å². The minimum atomic E-state index is -0.0619. The van der Waals surface area contributed by atoms with Gasteiger partial charge in [0.15, 0.2) is 0 Å². The van der Waals surface area contributed by atoms with Gasteiger partial charge in [-0.25, -0.2) is 4.98 Å². The fraction of sp³-hybridized carbons (Fsp3) is 0.0938. The molecule has 6 rings (SSSR count). The quantitative estimate of drug-likeness (QED) is 0.224. The van der Waals surface area contributed by atoms with E-state index < -0.39 is 0 Å². The number of oxazole rings is 1. The van der Waals surface area contributed by atoms with Gasteiger partial charge in [0.1, 0.15) is 17.8 Å². The van der Waals surface area contributed by atoms with E-state index in [0.29, 0.717) is 35.5 Å². The topological polar surface area (TPSA) is 73.0 Å². The van der Waals surface area contributed by atoms with Gasteiger partial charge < -0.3 is 9.73 Å². The van der Waals surface area contributed by atoms with Crippen molar-refractivity contribution in [3.63, 3.8) is 0 Å². The van der Waals surface area contributed by atoms with Crippen LogP contribution in [0.15, 0.2) is 114 Å². The molecular weight excluding hydrogens is 508 g/mol. The molecule has 0 bridgehead atoms. The Morgan fingerprint density at radius 3 is 2.46 bits per heavy atom. The molecule has 0 saturated heterocycles. The number of fused-ring (bicyclic) bond motifs is 1. The van der Waals surface area contributed by atoms with E-state index in [1.807, 2.05) is 83.4 Å². The average Bonchev–Trinajstić information content (AvgIpc) is 3.60. The summed E-state index contributed by atoms with van der Waals surface area (Å²) in [5.41, 5.74) is 6.60. The molecule has 1 N–H and O–H groups in total. The maximum atomic E-state index is 12.8. The van der Waals surface area contributed by atoms with Gasteiger partial charge in [-0.3, -0.25) is 9.36 Å². The number of carbonyl (C=O) groups excluding carboxylic acids is 1. The Hall–Kier alpha value is -4.68. The molecule has 6 nitrogen and oxygen atoms in total. The summed E-state index contributed by atoms with van der Waals surface area (Å²) in [6.45, 7) is 0.451. The summed E-state index contributed by atoms with van der Waals surface area (Å²) < 4.78 is 8.05. The number of nitrogens with one attached hydrogen (secondary N) is 1. The SMILES string of the molecule is O=C(CCc1oc(-n2cnc3ccccc32)nc1-c1ccc(Cl)cc1)NCc1cccc(-c2ccccc2)c1. The van der Waals surface area contributed by atoms with Crippen LogP contribution in [0.3, 0.4) is 0 Å². The van der Waals surface area contributed by atoms with E-state index in [0.717, 1.165) is 33.3 Å². The monoisotopic (exact) mass is 532 g/mol. The van der Waals surface area contributed by atoms with E-state index >= 15 is 0 Å². The third kappa shape index (κ3) is 5.47. The maximum absolute atomic E-state index is 12.8. The maximum Gasteiger partial charge on any atom is 0.308 e. The molecule has 4 aromatic carbocycles. The third-order valence-electron chi connectivity index (χ3n) is 6.57. The summed E-state index contributed by atoms with van der Waals surface area (Å²) in [5, 5.41) is 3.68. The first-order valence-corrected chi connectivity index (χ1v) is 13.1. The highest BCUT2D eigenvalue weighted by atomic mass is 35.5. The Balaban J connectivity index is 1.19. The zero-order chi connectivity index (χ0) is 26.6. The number of carbonyl (C=O) groups is 1. The summed E-state index contributed by atoms with van der Waals surface area (Å²) in [5.74, 6) is 0.569. The van der Waals surface area contributed by atoms with Crippen LogP contribution in [0, 0.1) is 0 Å². The fourth-order valence-electron chi connectivity index (χ4n) is 4.56. The van der Waals surface area contributed by atoms with E-state index in [-0.39, 0.29) is 12.3 Å². The van der Waals surface area contributed by atoms with Crippen molar-refractivity contribution < 1.29 is 9.21 Å². The molecule has 0 unspecified atom stereocenters. The molecule has 0 aliphatic heterocycles. The van der Waals surface area contributed by atoms with Crippen molar-refractivity contribution in [2.75, 3.05) is 0 Å². The molecule has 0 aliphatic carbocycles. The minimum Gasteiger partial charge on any atom is -0.427 e. The molecule has 1 amide bonds. The minimum absolute atomic E-state index is 0.0619. The number of para-hydroxylation sites is 2. The van der Waals surface area contributed by atoms with Crippen LogP contribution in [0.1, 0.15) is 17.7 Å². The Kier molecular flexibility index (Phi) is 6.93. The van der Waals surface area contributed by atoms with E-state index in [4.69, 9.17) is 21.0 Å². The molecule has 0 aliphatic rings. The van der Waals surface area contributed by atoms with Crippen molar-refractivity contribution in [3.8, 4) is 28.4 Å².